The molecule has 4 rings (SSSR count). The summed E-state index contributed by atoms with van der Waals surface area (Å²) < 4.78 is 15.5. The van der Waals surface area contributed by atoms with E-state index in [2.05, 4.69) is 35.6 Å². The Kier molecular flexibility index (Phi) is 3.56. The molecule has 4 heteroatoms. The fourth-order valence-electron chi connectivity index (χ4n) is 3.54. The number of nitrogens with zero attached hydrogens (tertiary/aromatic N) is 2. The molecule has 1 aliphatic rings. The van der Waals surface area contributed by atoms with Gasteiger partial charge in [0.1, 0.15) is 5.82 Å². The molecule has 0 radical (unpaired) electrons. The molecule has 3 nitrogen and oxygen atoms in total. The molecule has 2 aromatic heterocycles. The molecular formula is C20H22FN3. The number of fused-ring (bicyclic) bond motifs is 1. The Labute approximate surface area is 141 Å². The first-order valence-electron chi connectivity index (χ1n) is 8.51. The van der Waals surface area contributed by atoms with Crippen LogP contribution in [-0.4, -0.2) is 9.55 Å². The van der Waals surface area contributed by atoms with Crippen molar-refractivity contribution in [2.75, 3.05) is 5.32 Å². The molecule has 0 spiro atoms. The zero-order chi connectivity index (χ0) is 16.8. The number of anilines is 1. The first-order chi connectivity index (χ1) is 11.6. The molecule has 1 N–H and O–H groups in total. The van der Waals surface area contributed by atoms with Crippen molar-refractivity contribution in [2.24, 2.45) is 0 Å². The van der Waals surface area contributed by atoms with Gasteiger partial charge in [0.2, 0.25) is 0 Å². The highest BCUT2D eigenvalue weighted by Gasteiger charge is 2.29. The van der Waals surface area contributed by atoms with Crippen LogP contribution in [0.4, 0.5) is 10.2 Å². The second-order valence-corrected chi connectivity index (χ2v) is 6.81. The topological polar surface area (TPSA) is 29.9 Å². The molecule has 0 bridgehead atoms. The normalized spacial score (nSPS) is 14.3. The molecule has 0 unspecified atom stereocenters. The number of hydrogen-bond acceptors (Lipinski definition) is 2. The van der Waals surface area contributed by atoms with Crippen molar-refractivity contribution in [1.29, 1.82) is 0 Å². The number of hydrogen-bond donors (Lipinski definition) is 1. The van der Waals surface area contributed by atoms with Gasteiger partial charge in [0, 0.05) is 29.9 Å². The van der Waals surface area contributed by atoms with Gasteiger partial charge in [-0.2, -0.15) is 0 Å². The highest BCUT2D eigenvalue weighted by Crippen LogP contribution is 2.43. The number of nitrogens with one attached hydrogen (secondary N) is 1. The van der Waals surface area contributed by atoms with Crippen LogP contribution < -0.4 is 5.32 Å². The molecule has 2 heterocycles. The van der Waals surface area contributed by atoms with E-state index >= 15 is 0 Å². The third-order valence-corrected chi connectivity index (χ3v) is 5.05. The number of pyridine rings is 1. The lowest BCUT2D eigenvalue weighted by Gasteiger charge is -2.12. The second kappa shape index (κ2) is 5.62. The molecule has 1 fully saturated rings. The Morgan fingerprint density at radius 1 is 1.17 bits per heavy atom. The molecule has 124 valence electrons. The molecule has 24 heavy (non-hydrogen) atoms. The first kappa shape index (κ1) is 15.2. The highest BCUT2D eigenvalue weighted by atomic mass is 19.1. The summed E-state index contributed by atoms with van der Waals surface area (Å²) in [5.41, 5.74) is 6.17. The number of halogens is 1. The van der Waals surface area contributed by atoms with Crippen LogP contribution in [0.1, 0.15) is 41.3 Å². The van der Waals surface area contributed by atoms with Crippen molar-refractivity contribution in [3.8, 4) is 0 Å². The third kappa shape index (κ3) is 2.46. The zero-order valence-electron chi connectivity index (χ0n) is 14.4. The zero-order valence-corrected chi connectivity index (χ0v) is 14.4. The van der Waals surface area contributed by atoms with Crippen molar-refractivity contribution in [3.63, 3.8) is 0 Å². The molecule has 1 saturated carbocycles. The van der Waals surface area contributed by atoms with Crippen molar-refractivity contribution < 1.29 is 4.39 Å². The lowest BCUT2D eigenvalue weighted by molar-refractivity contribution is 0.627. The average molecular weight is 323 g/mol. The Bertz CT molecular complexity index is 905. The summed E-state index contributed by atoms with van der Waals surface area (Å²) in [6.45, 7) is 7.17. The molecule has 0 saturated heterocycles. The fourth-order valence-corrected chi connectivity index (χ4v) is 3.54. The summed E-state index contributed by atoms with van der Waals surface area (Å²) >= 11 is 0. The fraction of sp³-hybridized carbons (Fsp3) is 0.350. The predicted molar refractivity (Wildman–Crippen MR) is 95.9 cm³/mol. The number of benzene rings is 1. The van der Waals surface area contributed by atoms with Crippen molar-refractivity contribution in [2.45, 2.75) is 46.2 Å². The maximum absolute atomic E-state index is 13.1. The van der Waals surface area contributed by atoms with Gasteiger partial charge in [-0.1, -0.05) is 12.1 Å². The van der Waals surface area contributed by atoms with Crippen LogP contribution >= 0.6 is 0 Å². The molecule has 1 aliphatic carbocycles. The minimum absolute atomic E-state index is 0.205. The summed E-state index contributed by atoms with van der Waals surface area (Å²) in [6.07, 6.45) is 4.43. The van der Waals surface area contributed by atoms with Crippen molar-refractivity contribution in [1.82, 2.24) is 9.55 Å². The summed E-state index contributed by atoms with van der Waals surface area (Å²) in [5, 5.41) is 4.78. The Morgan fingerprint density at radius 3 is 2.54 bits per heavy atom. The van der Waals surface area contributed by atoms with Crippen LogP contribution in [0.15, 0.2) is 30.5 Å². The van der Waals surface area contributed by atoms with Gasteiger partial charge in [-0.3, -0.25) is 0 Å². The lowest BCUT2D eigenvalue weighted by Crippen LogP contribution is -2.05. The Balaban J connectivity index is 1.76. The largest absolute Gasteiger partial charge is 0.364 e. The van der Waals surface area contributed by atoms with Crippen molar-refractivity contribution >= 4 is 16.7 Å². The van der Waals surface area contributed by atoms with E-state index in [1.165, 1.54) is 52.7 Å². The van der Waals surface area contributed by atoms with Gasteiger partial charge in [0.05, 0.1) is 5.52 Å². The molecule has 0 aliphatic heterocycles. The van der Waals surface area contributed by atoms with E-state index in [1.807, 2.05) is 18.3 Å². The van der Waals surface area contributed by atoms with Gasteiger partial charge in [-0.25, -0.2) is 9.37 Å². The van der Waals surface area contributed by atoms with Crippen LogP contribution in [0.25, 0.3) is 10.9 Å². The van der Waals surface area contributed by atoms with Crippen LogP contribution in [0.5, 0.6) is 0 Å². The van der Waals surface area contributed by atoms with Gasteiger partial charge in [-0.15, -0.1) is 0 Å². The first-order valence-corrected chi connectivity index (χ1v) is 8.51. The molecular weight excluding hydrogens is 301 g/mol. The van der Waals surface area contributed by atoms with Gasteiger partial charge < -0.3 is 9.88 Å². The standard InChI is InChI=1S/C20H22FN3/c1-12-10-22-20(23-11-15-4-6-16(21)7-5-15)19-18(12)13(2)14(3)24(19)17-8-9-17/h4-7,10,17H,8-9,11H2,1-3H3,(H,22,23). The quantitative estimate of drug-likeness (QED) is 0.728. The third-order valence-electron chi connectivity index (χ3n) is 5.05. The van der Waals surface area contributed by atoms with Crippen LogP contribution in [0.3, 0.4) is 0 Å². The monoisotopic (exact) mass is 323 g/mol. The molecule has 1 aromatic carbocycles. The minimum Gasteiger partial charge on any atom is -0.364 e. The lowest BCUT2D eigenvalue weighted by atomic mass is 10.1. The summed E-state index contributed by atoms with van der Waals surface area (Å²) in [7, 11) is 0. The summed E-state index contributed by atoms with van der Waals surface area (Å²) in [5.74, 6) is 0.714. The number of rotatable bonds is 4. The van der Waals surface area contributed by atoms with E-state index in [4.69, 9.17) is 0 Å². The average Bonchev–Trinajstić information content (AvgIpc) is 3.36. The van der Waals surface area contributed by atoms with Crippen molar-refractivity contribution in [3.05, 3.63) is 58.7 Å². The van der Waals surface area contributed by atoms with Crippen LogP contribution in [-0.2, 0) is 6.54 Å². The Morgan fingerprint density at radius 2 is 1.88 bits per heavy atom. The SMILES string of the molecule is Cc1cnc(NCc2ccc(F)cc2)c2c1c(C)c(C)n2C1CC1. The van der Waals surface area contributed by atoms with Gasteiger partial charge in [0.25, 0.3) is 0 Å². The van der Waals surface area contributed by atoms with Gasteiger partial charge in [-0.05, 0) is 62.4 Å². The summed E-state index contributed by atoms with van der Waals surface area (Å²) in [6, 6.07) is 7.22. The van der Waals surface area contributed by atoms with Crippen LogP contribution in [0.2, 0.25) is 0 Å². The smallest absolute Gasteiger partial charge is 0.150 e. The maximum Gasteiger partial charge on any atom is 0.150 e. The van der Waals surface area contributed by atoms with Crippen LogP contribution in [0, 0.1) is 26.6 Å². The highest BCUT2D eigenvalue weighted by molar-refractivity contribution is 5.95. The molecule has 3 aromatic rings. The number of aromatic nitrogens is 2. The van der Waals surface area contributed by atoms with E-state index in [9.17, 15) is 4.39 Å². The minimum atomic E-state index is -0.205. The van der Waals surface area contributed by atoms with E-state index in [0.29, 0.717) is 12.6 Å². The maximum atomic E-state index is 13.1. The van der Waals surface area contributed by atoms with E-state index in [0.717, 1.165) is 11.4 Å². The Hall–Kier alpha value is -2.36. The van der Waals surface area contributed by atoms with E-state index in [-0.39, 0.29) is 5.82 Å². The van der Waals surface area contributed by atoms with E-state index in [1.54, 1.807) is 0 Å². The van der Waals surface area contributed by atoms with Gasteiger partial charge in [0.15, 0.2) is 5.82 Å². The second-order valence-electron chi connectivity index (χ2n) is 6.81. The predicted octanol–water partition coefficient (Wildman–Crippen LogP) is 5.05. The molecule has 0 amide bonds. The summed E-state index contributed by atoms with van der Waals surface area (Å²) in [4.78, 5) is 4.66. The van der Waals surface area contributed by atoms with Gasteiger partial charge >= 0.3 is 0 Å². The molecule has 0 atom stereocenters. The number of aryl methyl sites for hydroxylation is 2. The van der Waals surface area contributed by atoms with E-state index < -0.39 is 0 Å².